The Morgan fingerprint density at radius 3 is 2.40 bits per heavy atom. The van der Waals surface area contributed by atoms with E-state index in [1.54, 1.807) is 0 Å². The zero-order valence-electron chi connectivity index (χ0n) is 11.4. The van der Waals surface area contributed by atoms with E-state index >= 15 is 0 Å². The second kappa shape index (κ2) is 3.90. The van der Waals surface area contributed by atoms with Gasteiger partial charge in [-0.3, -0.25) is 4.79 Å². The van der Waals surface area contributed by atoms with Crippen molar-refractivity contribution in [1.29, 1.82) is 0 Å². The van der Waals surface area contributed by atoms with Gasteiger partial charge < -0.3 is 14.6 Å². The summed E-state index contributed by atoms with van der Waals surface area (Å²) >= 11 is 0. The molecule has 0 bridgehead atoms. The first-order chi connectivity index (χ1) is 9.64. The van der Waals surface area contributed by atoms with Crippen molar-refractivity contribution < 1.29 is 19.4 Å². The van der Waals surface area contributed by atoms with Crippen LogP contribution in [-0.4, -0.2) is 24.3 Å². The predicted molar refractivity (Wildman–Crippen MR) is 72.3 cm³/mol. The molecule has 0 atom stereocenters. The molecule has 0 radical (unpaired) electrons. The van der Waals surface area contributed by atoms with Crippen molar-refractivity contribution >= 4 is 5.97 Å². The minimum atomic E-state index is -0.712. The van der Waals surface area contributed by atoms with Crippen LogP contribution in [0, 0.1) is 5.41 Å². The van der Waals surface area contributed by atoms with Gasteiger partial charge in [-0.1, -0.05) is 12.5 Å². The maximum Gasteiger partial charge on any atom is 0.314 e. The molecule has 0 unspecified atom stereocenters. The lowest BCUT2D eigenvalue weighted by atomic mass is 9.44. The van der Waals surface area contributed by atoms with Crippen molar-refractivity contribution in [3.63, 3.8) is 0 Å². The van der Waals surface area contributed by atoms with Gasteiger partial charge in [0, 0.05) is 0 Å². The molecular formula is C16H18O4. The smallest absolute Gasteiger partial charge is 0.314 e. The molecule has 0 saturated heterocycles. The summed E-state index contributed by atoms with van der Waals surface area (Å²) in [5.74, 6) is 0.703. The van der Waals surface area contributed by atoms with Gasteiger partial charge in [0.1, 0.15) is 13.2 Å². The summed E-state index contributed by atoms with van der Waals surface area (Å²) in [6, 6.07) is 5.61. The van der Waals surface area contributed by atoms with Crippen LogP contribution in [0.1, 0.15) is 37.7 Å². The van der Waals surface area contributed by atoms with E-state index in [9.17, 15) is 9.90 Å². The van der Waals surface area contributed by atoms with E-state index in [1.807, 2.05) is 18.2 Å². The number of carboxylic acids is 1. The van der Waals surface area contributed by atoms with Crippen LogP contribution < -0.4 is 9.47 Å². The number of rotatable bonds is 2. The standard InChI is InChI=1S/C16H18O4/c17-14(18)16(9-15(10-16)4-1-5-15)11-2-3-12-13(8-11)20-7-6-19-12/h2-3,8H,1,4-7,9-10H2,(H,17,18). The minimum Gasteiger partial charge on any atom is -0.486 e. The highest BCUT2D eigenvalue weighted by molar-refractivity contribution is 5.83. The van der Waals surface area contributed by atoms with Gasteiger partial charge in [-0.05, 0) is 48.8 Å². The Balaban J connectivity index is 1.69. The van der Waals surface area contributed by atoms with E-state index in [0.717, 1.165) is 24.2 Å². The maximum atomic E-state index is 11.8. The average Bonchev–Trinajstić information content (AvgIpc) is 2.35. The van der Waals surface area contributed by atoms with Gasteiger partial charge in [0.15, 0.2) is 11.5 Å². The molecule has 0 aromatic heterocycles. The van der Waals surface area contributed by atoms with Crippen molar-refractivity contribution in [2.75, 3.05) is 13.2 Å². The quantitative estimate of drug-likeness (QED) is 0.901. The third-order valence-corrected chi connectivity index (χ3v) is 5.27. The number of carboxylic acid groups (broad SMARTS) is 1. The zero-order chi connectivity index (χ0) is 13.8. The molecule has 2 fully saturated rings. The highest BCUT2D eigenvalue weighted by Gasteiger charge is 2.61. The van der Waals surface area contributed by atoms with Crippen LogP contribution in [-0.2, 0) is 10.2 Å². The molecule has 4 nitrogen and oxygen atoms in total. The Morgan fingerprint density at radius 2 is 1.80 bits per heavy atom. The van der Waals surface area contributed by atoms with Gasteiger partial charge in [-0.25, -0.2) is 0 Å². The first-order valence-electron chi connectivity index (χ1n) is 7.27. The molecule has 1 heterocycles. The number of hydrogen-bond acceptors (Lipinski definition) is 3. The van der Waals surface area contributed by atoms with Crippen LogP contribution in [0.15, 0.2) is 18.2 Å². The Bertz CT molecular complexity index is 566. The molecule has 4 heteroatoms. The van der Waals surface area contributed by atoms with E-state index in [0.29, 0.717) is 24.4 Å². The average molecular weight is 274 g/mol. The number of hydrogen-bond donors (Lipinski definition) is 1. The fourth-order valence-corrected chi connectivity index (χ4v) is 4.08. The molecule has 1 aliphatic heterocycles. The van der Waals surface area contributed by atoms with Crippen LogP contribution in [0.3, 0.4) is 0 Å². The molecule has 1 spiro atoms. The van der Waals surface area contributed by atoms with Crippen LogP contribution in [0.25, 0.3) is 0 Å². The summed E-state index contributed by atoms with van der Waals surface area (Å²) in [4.78, 5) is 11.8. The SMILES string of the molecule is O=C(O)C1(c2ccc3c(c2)OCCO3)CC2(CCC2)C1. The van der Waals surface area contributed by atoms with Gasteiger partial charge in [-0.15, -0.1) is 0 Å². The van der Waals surface area contributed by atoms with Gasteiger partial charge >= 0.3 is 5.97 Å². The minimum absolute atomic E-state index is 0.311. The fourth-order valence-electron chi connectivity index (χ4n) is 4.08. The van der Waals surface area contributed by atoms with E-state index < -0.39 is 11.4 Å². The van der Waals surface area contributed by atoms with E-state index in [1.165, 1.54) is 19.3 Å². The molecule has 106 valence electrons. The summed E-state index contributed by atoms with van der Waals surface area (Å²) in [7, 11) is 0. The third kappa shape index (κ3) is 1.51. The second-order valence-electron chi connectivity index (χ2n) is 6.45. The van der Waals surface area contributed by atoms with Crippen LogP contribution in [0.4, 0.5) is 0 Å². The number of carbonyl (C=O) groups is 1. The van der Waals surface area contributed by atoms with Crippen molar-refractivity contribution in [3.05, 3.63) is 23.8 Å². The Kier molecular flexibility index (Phi) is 2.35. The van der Waals surface area contributed by atoms with E-state index in [4.69, 9.17) is 9.47 Å². The number of ether oxygens (including phenoxy) is 2. The molecule has 1 aromatic rings. The highest BCUT2D eigenvalue weighted by Crippen LogP contribution is 2.65. The molecule has 1 N–H and O–H groups in total. The Hall–Kier alpha value is -1.71. The lowest BCUT2D eigenvalue weighted by Crippen LogP contribution is -2.57. The highest BCUT2D eigenvalue weighted by atomic mass is 16.6. The largest absolute Gasteiger partial charge is 0.486 e. The van der Waals surface area contributed by atoms with Gasteiger partial charge in [0.2, 0.25) is 0 Å². The number of benzene rings is 1. The lowest BCUT2D eigenvalue weighted by Gasteiger charge is -2.59. The van der Waals surface area contributed by atoms with Crippen molar-refractivity contribution in [2.45, 2.75) is 37.5 Å². The molecule has 2 aliphatic carbocycles. The summed E-state index contributed by atoms with van der Waals surface area (Å²) in [6.07, 6.45) is 5.17. The van der Waals surface area contributed by atoms with Crippen LogP contribution in [0.5, 0.6) is 11.5 Å². The molecule has 2 saturated carbocycles. The zero-order valence-corrected chi connectivity index (χ0v) is 11.4. The molecule has 20 heavy (non-hydrogen) atoms. The summed E-state index contributed by atoms with van der Waals surface area (Å²) in [5, 5.41) is 9.72. The summed E-state index contributed by atoms with van der Waals surface area (Å²) in [5.41, 5.74) is 0.466. The van der Waals surface area contributed by atoms with E-state index in [-0.39, 0.29) is 0 Å². The van der Waals surface area contributed by atoms with Crippen molar-refractivity contribution in [1.82, 2.24) is 0 Å². The third-order valence-electron chi connectivity index (χ3n) is 5.27. The van der Waals surface area contributed by atoms with Crippen molar-refractivity contribution in [2.24, 2.45) is 5.41 Å². The van der Waals surface area contributed by atoms with Gasteiger partial charge in [0.25, 0.3) is 0 Å². The predicted octanol–water partition coefficient (Wildman–Crippen LogP) is 2.74. The monoisotopic (exact) mass is 274 g/mol. The van der Waals surface area contributed by atoms with Gasteiger partial charge in [-0.2, -0.15) is 0 Å². The van der Waals surface area contributed by atoms with Crippen LogP contribution >= 0.6 is 0 Å². The topological polar surface area (TPSA) is 55.8 Å². The maximum absolute atomic E-state index is 11.8. The Morgan fingerprint density at radius 1 is 1.10 bits per heavy atom. The second-order valence-corrected chi connectivity index (χ2v) is 6.45. The van der Waals surface area contributed by atoms with Crippen LogP contribution in [0.2, 0.25) is 0 Å². The Labute approximate surface area is 117 Å². The molecule has 0 amide bonds. The summed E-state index contributed by atoms with van der Waals surface area (Å²) < 4.78 is 11.1. The molecule has 3 aliphatic rings. The molecule has 1 aromatic carbocycles. The normalized spacial score (nSPS) is 24.6. The van der Waals surface area contributed by atoms with E-state index in [2.05, 4.69) is 0 Å². The number of aliphatic carboxylic acids is 1. The first-order valence-corrected chi connectivity index (χ1v) is 7.27. The van der Waals surface area contributed by atoms with Crippen molar-refractivity contribution in [3.8, 4) is 11.5 Å². The fraction of sp³-hybridized carbons (Fsp3) is 0.562. The molecule has 4 rings (SSSR count). The lowest BCUT2D eigenvalue weighted by molar-refractivity contribution is -0.160. The summed E-state index contributed by atoms with van der Waals surface area (Å²) in [6.45, 7) is 1.08. The molecular weight excluding hydrogens is 256 g/mol. The number of fused-ring (bicyclic) bond motifs is 1. The van der Waals surface area contributed by atoms with Gasteiger partial charge in [0.05, 0.1) is 5.41 Å². The first kappa shape index (κ1) is 12.1.